The lowest BCUT2D eigenvalue weighted by Crippen LogP contribution is -2.01. The van der Waals surface area contributed by atoms with Gasteiger partial charge in [-0.15, -0.1) is 11.3 Å². The molecule has 0 saturated heterocycles. The van der Waals surface area contributed by atoms with E-state index in [1.807, 2.05) is 36.5 Å². The van der Waals surface area contributed by atoms with E-state index in [-0.39, 0.29) is 0 Å². The molecule has 3 aromatic rings. The third kappa shape index (κ3) is 4.32. The first-order chi connectivity index (χ1) is 12.6. The zero-order chi connectivity index (χ0) is 18.5. The van der Waals surface area contributed by atoms with Crippen molar-refractivity contribution in [2.24, 2.45) is 0 Å². The standard InChI is InChI=1S/C20H23N5S/c1-4-6-15(21)14-9-10-18(22-11-14)25-19-8-5-7-16(24-19)20-23-12-17(26-20)13(2)3/h5,7-13,21H,4,6H2,1-3H3,(H,22,24,25). The fourth-order valence-corrected chi connectivity index (χ4v) is 3.36. The average Bonchev–Trinajstić information content (AvgIpc) is 3.13. The Balaban J connectivity index is 1.75. The highest BCUT2D eigenvalue weighted by Gasteiger charge is 2.09. The molecule has 26 heavy (non-hydrogen) atoms. The minimum absolute atomic E-state index is 0.469. The largest absolute Gasteiger partial charge is 0.325 e. The normalized spacial score (nSPS) is 10.9. The van der Waals surface area contributed by atoms with Crippen LogP contribution in [0.25, 0.3) is 10.7 Å². The van der Waals surface area contributed by atoms with Gasteiger partial charge in [-0.2, -0.15) is 0 Å². The van der Waals surface area contributed by atoms with Crippen LogP contribution < -0.4 is 5.32 Å². The maximum atomic E-state index is 8.00. The summed E-state index contributed by atoms with van der Waals surface area (Å²) in [5, 5.41) is 12.1. The number of anilines is 2. The highest BCUT2D eigenvalue weighted by atomic mass is 32.1. The zero-order valence-electron chi connectivity index (χ0n) is 15.3. The molecule has 0 radical (unpaired) electrons. The molecule has 0 fully saturated rings. The Hall–Kier alpha value is -2.60. The summed E-state index contributed by atoms with van der Waals surface area (Å²) in [4.78, 5) is 14.8. The third-order valence-corrected chi connectivity index (χ3v) is 5.25. The molecule has 5 nitrogen and oxygen atoms in total. The van der Waals surface area contributed by atoms with E-state index in [2.05, 4.69) is 41.0 Å². The first kappa shape index (κ1) is 18.2. The van der Waals surface area contributed by atoms with Gasteiger partial charge in [-0.05, 0) is 36.6 Å². The predicted octanol–water partition coefficient (Wildman–Crippen LogP) is 5.64. The summed E-state index contributed by atoms with van der Waals surface area (Å²) in [7, 11) is 0. The Labute approximate surface area is 158 Å². The van der Waals surface area contributed by atoms with Crippen molar-refractivity contribution < 1.29 is 0 Å². The molecule has 0 aliphatic rings. The molecule has 3 rings (SSSR count). The fraction of sp³-hybridized carbons (Fsp3) is 0.300. The third-order valence-electron chi connectivity index (χ3n) is 3.93. The molecule has 6 heteroatoms. The minimum atomic E-state index is 0.469. The minimum Gasteiger partial charge on any atom is -0.325 e. The summed E-state index contributed by atoms with van der Waals surface area (Å²) in [5.41, 5.74) is 2.34. The molecule has 0 spiro atoms. The summed E-state index contributed by atoms with van der Waals surface area (Å²) in [6.45, 7) is 6.40. The van der Waals surface area contributed by atoms with Crippen molar-refractivity contribution in [3.8, 4) is 10.7 Å². The number of pyridine rings is 2. The van der Waals surface area contributed by atoms with E-state index in [9.17, 15) is 0 Å². The number of nitrogens with one attached hydrogen (secondary N) is 2. The maximum absolute atomic E-state index is 8.00. The SMILES string of the molecule is CCCC(=N)c1ccc(Nc2cccc(-c3ncc(C(C)C)s3)n2)nc1. The Morgan fingerprint density at radius 1 is 1.12 bits per heavy atom. The monoisotopic (exact) mass is 365 g/mol. The van der Waals surface area contributed by atoms with Crippen molar-refractivity contribution in [3.63, 3.8) is 0 Å². The Morgan fingerprint density at radius 2 is 1.96 bits per heavy atom. The number of rotatable bonds is 7. The summed E-state index contributed by atoms with van der Waals surface area (Å²) < 4.78 is 0. The first-order valence-electron chi connectivity index (χ1n) is 8.81. The highest BCUT2D eigenvalue weighted by molar-refractivity contribution is 7.15. The molecule has 0 aliphatic heterocycles. The van der Waals surface area contributed by atoms with Crippen LogP contribution in [0.4, 0.5) is 11.6 Å². The molecule has 3 aromatic heterocycles. The van der Waals surface area contributed by atoms with E-state index in [1.54, 1.807) is 17.5 Å². The number of nitrogens with zero attached hydrogens (tertiary/aromatic N) is 3. The van der Waals surface area contributed by atoms with Gasteiger partial charge in [0.2, 0.25) is 0 Å². The number of hydrogen-bond donors (Lipinski definition) is 2. The van der Waals surface area contributed by atoms with Crippen molar-refractivity contribution in [1.29, 1.82) is 5.41 Å². The lowest BCUT2D eigenvalue weighted by atomic mass is 10.1. The molecule has 0 amide bonds. The van der Waals surface area contributed by atoms with Gasteiger partial charge in [0.15, 0.2) is 0 Å². The van der Waals surface area contributed by atoms with Crippen LogP contribution >= 0.6 is 11.3 Å². The van der Waals surface area contributed by atoms with Crippen LogP contribution in [0.15, 0.2) is 42.7 Å². The molecule has 2 N–H and O–H groups in total. The Bertz CT molecular complexity index is 883. The topological polar surface area (TPSA) is 74.6 Å². The van der Waals surface area contributed by atoms with Crippen LogP contribution in [-0.4, -0.2) is 20.7 Å². The van der Waals surface area contributed by atoms with E-state index in [4.69, 9.17) is 5.41 Å². The van der Waals surface area contributed by atoms with Crippen LogP contribution in [-0.2, 0) is 0 Å². The van der Waals surface area contributed by atoms with Gasteiger partial charge in [0.25, 0.3) is 0 Å². The molecule has 3 heterocycles. The van der Waals surface area contributed by atoms with E-state index in [0.29, 0.717) is 17.4 Å². The van der Waals surface area contributed by atoms with E-state index in [1.165, 1.54) is 4.88 Å². The Morgan fingerprint density at radius 3 is 2.62 bits per heavy atom. The van der Waals surface area contributed by atoms with Crippen LogP contribution in [0.5, 0.6) is 0 Å². The van der Waals surface area contributed by atoms with E-state index in [0.717, 1.165) is 34.9 Å². The summed E-state index contributed by atoms with van der Waals surface area (Å²) in [6, 6.07) is 9.65. The maximum Gasteiger partial charge on any atom is 0.142 e. The zero-order valence-corrected chi connectivity index (χ0v) is 16.1. The van der Waals surface area contributed by atoms with Gasteiger partial charge in [-0.25, -0.2) is 15.0 Å². The van der Waals surface area contributed by atoms with Crippen LogP contribution in [0.2, 0.25) is 0 Å². The van der Waals surface area contributed by atoms with Crippen molar-refractivity contribution in [3.05, 3.63) is 53.2 Å². The predicted molar refractivity (Wildman–Crippen MR) is 109 cm³/mol. The molecular formula is C20H23N5S. The van der Waals surface area contributed by atoms with Gasteiger partial charge in [-0.3, -0.25) is 0 Å². The molecule has 134 valence electrons. The van der Waals surface area contributed by atoms with Crippen molar-refractivity contribution in [2.75, 3.05) is 5.32 Å². The summed E-state index contributed by atoms with van der Waals surface area (Å²) >= 11 is 1.68. The molecule has 0 unspecified atom stereocenters. The van der Waals surface area contributed by atoms with Gasteiger partial charge < -0.3 is 10.7 Å². The summed E-state index contributed by atoms with van der Waals surface area (Å²) in [5.74, 6) is 1.91. The second-order valence-corrected chi connectivity index (χ2v) is 7.48. The lowest BCUT2D eigenvalue weighted by Gasteiger charge is -2.07. The number of thiazole rings is 1. The van der Waals surface area contributed by atoms with Gasteiger partial charge in [-0.1, -0.05) is 33.3 Å². The molecular weight excluding hydrogens is 342 g/mol. The van der Waals surface area contributed by atoms with Gasteiger partial charge in [0.1, 0.15) is 22.3 Å². The number of aromatic nitrogens is 3. The van der Waals surface area contributed by atoms with Crippen LogP contribution in [0, 0.1) is 5.41 Å². The molecule has 0 saturated carbocycles. The lowest BCUT2D eigenvalue weighted by molar-refractivity contribution is 0.885. The van der Waals surface area contributed by atoms with Crippen molar-refractivity contribution in [2.45, 2.75) is 39.5 Å². The van der Waals surface area contributed by atoms with E-state index < -0.39 is 0 Å². The fourth-order valence-electron chi connectivity index (χ4n) is 2.47. The first-order valence-corrected chi connectivity index (χ1v) is 9.62. The van der Waals surface area contributed by atoms with Crippen LogP contribution in [0.3, 0.4) is 0 Å². The van der Waals surface area contributed by atoms with Gasteiger partial charge in [0, 0.05) is 28.5 Å². The van der Waals surface area contributed by atoms with Crippen molar-refractivity contribution in [1.82, 2.24) is 15.0 Å². The number of hydrogen-bond acceptors (Lipinski definition) is 6. The van der Waals surface area contributed by atoms with Crippen molar-refractivity contribution >= 4 is 28.7 Å². The van der Waals surface area contributed by atoms with E-state index >= 15 is 0 Å². The Kier molecular flexibility index (Phi) is 5.73. The second kappa shape index (κ2) is 8.19. The quantitative estimate of drug-likeness (QED) is 0.532. The molecule has 0 aliphatic carbocycles. The van der Waals surface area contributed by atoms with Gasteiger partial charge in [0.05, 0.1) is 0 Å². The van der Waals surface area contributed by atoms with Gasteiger partial charge >= 0.3 is 0 Å². The highest BCUT2D eigenvalue weighted by Crippen LogP contribution is 2.29. The molecule has 0 aromatic carbocycles. The van der Waals surface area contributed by atoms with Crippen LogP contribution in [0.1, 0.15) is 50.0 Å². The molecule has 0 atom stereocenters. The summed E-state index contributed by atoms with van der Waals surface area (Å²) in [6.07, 6.45) is 5.40. The average molecular weight is 366 g/mol. The second-order valence-electron chi connectivity index (χ2n) is 6.42. The molecule has 0 bridgehead atoms. The smallest absolute Gasteiger partial charge is 0.142 e.